The predicted molar refractivity (Wildman–Crippen MR) is 87.9 cm³/mol. The molecule has 1 aromatic rings. The van der Waals surface area contributed by atoms with Crippen LogP contribution in [-0.4, -0.2) is 30.1 Å². The van der Waals surface area contributed by atoms with Crippen LogP contribution in [0.15, 0.2) is 28.7 Å². The van der Waals surface area contributed by atoms with Crippen LogP contribution in [0.2, 0.25) is 0 Å². The fourth-order valence-electron chi connectivity index (χ4n) is 3.83. The fraction of sp³-hybridized carbons (Fsp3) is 0.647. The van der Waals surface area contributed by atoms with E-state index in [2.05, 4.69) is 57.3 Å². The number of hydrogen-bond acceptors (Lipinski definition) is 2. The molecule has 1 aliphatic heterocycles. The van der Waals surface area contributed by atoms with Crippen LogP contribution in [0.3, 0.4) is 0 Å². The highest BCUT2D eigenvalue weighted by molar-refractivity contribution is 9.10. The maximum atomic E-state index is 3.83. The van der Waals surface area contributed by atoms with E-state index in [4.69, 9.17) is 0 Å². The first-order chi connectivity index (χ1) is 9.69. The van der Waals surface area contributed by atoms with E-state index in [1.54, 1.807) is 0 Å². The molecule has 2 aliphatic rings. The first-order valence-corrected chi connectivity index (χ1v) is 8.72. The molecule has 1 aromatic carbocycles. The first-order valence-electron chi connectivity index (χ1n) is 7.93. The Labute approximate surface area is 131 Å². The molecule has 3 heteroatoms. The van der Waals surface area contributed by atoms with Gasteiger partial charge in [0.15, 0.2) is 0 Å². The Morgan fingerprint density at radius 1 is 1.15 bits per heavy atom. The predicted octanol–water partition coefficient (Wildman–Crippen LogP) is 4.12. The molecule has 2 nitrogen and oxygen atoms in total. The highest BCUT2D eigenvalue weighted by atomic mass is 79.9. The van der Waals surface area contributed by atoms with Crippen molar-refractivity contribution in [3.63, 3.8) is 0 Å². The van der Waals surface area contributed by atoms with Crippen molar-refractivity contribution in [2.24, 2.45) is 0 Å². The second-order valence-electron chi connectivity index (χ2n) is 6.47. The van der Waals surface area contributed by atoms with E-state index in [1.165, 1.54) is 50.8 Å². The summed E-state index contributed by atoms with van der Waals surface area (Å²) in [5.41, 5.74) is 1.83. The largest absolute Gasteiger partial charge is 0.309 e. The Morgan fingerprint density at radius 3 is 2.55 bits per heavy atom. The van der Waals surface area contributed by atoms with Crippen molar-refractivity contribution in [3.8, 4) is 0 Å². The molecular formula is C17H25BrN2. The number of hydrogen-bond donors (Lipinski definition) is 1. The van der Waals surface area contributed by atoms with Crippen molar-refractivity contribution in [2.45, 2.75) is 50.6 Å². The Kier molecular flexibility index (Phi) is 4.49. The van der Waals surface area contributed by atoms with Gasteiger partial charge in [0, 0.05) is 35.7 Å². The van der Waals surface area contributed by atoms with Gasteiger partial charge in [-0.1, -0.05) is 47.3 Å². The van der Waals surface area contributed by atoms with Crippen molar-refractivity contribution in [1.82, 2.24) is 10.2 Å². The van der Waals surface area contributed by atoms with Crippen LogP contribution >= 0.6 is 15.9 Å². The van der Waals surface area contributed by atoms with Crippen LogP contribution < -0.4 is 5.32 Å². The van der Waals surface area contributed by atoms with Crippen LogP contribution in [-0.2, 0) is 0 Å². The lowest BCUT2D eigenvalue weighted by atomic mass is 9.79. The third-order valence-electron chi connectivity index (χ3n) is 5.12. The van der Waals surface area contributed by atoms with Gasteiger partial charge in [-0.3, -0.25) is 4.90 Å². The molecule has 20 heavy (non-hydrogen) atoms. The number of nitrogens with one attached hydrogen (secondary N) is 1. The van der Waals surface area contributed by atoms with E-state index in [9.17, 15) is 0 Å². The van der Waals surface area contributed by atoms with Crippen molar-refractivity contribution < 1.29 is 0 Å². The summed E-state index contributed by atoms with van der Waals surface area (Å²) < 4.78 is 1.16. The highest BCUT2D eigenvalue weighted by Gasteiger charge is 2.37. The Morgan fingerprint density at radius 2 is 1.85 bits per heavy atom. The van der Waals surface area contributed by atoms with Gasteiger partial charge in [0.1, 0.15) is 0 Å². The van der Waals surface area contributed by atoms with Crippen molar-refractivity contribution in [1.29, 1.82) is 0 Å². The summed E-state index contributed by atoms with van der Waals surface area (Å²) >= 11 is 3.52. The standard InChI is InChI=1S/C17H25BrN2/c1-14(15-5-7-16(18)8-6-15)20-12-11-19-17(13-20)9-3-2-4-10-17/h5-8,14,19H,2-4,9-13H2,1H3. The second kappa shape index (κ2) is 6.17. The van der Waals surface area contributed by atoms with Crippen LogP contribution in [0.25, 0.3) is 0 Å². The molecule has 1 N–H and O–H groups in total. The molecular weight excluding hydrogens is 312 g/mol. The van der Waals surface area contributed by atoms with Crippen LogP contribution in [0, 0.1) is 0 Å². The minimum absolute atomic E-state index is 0.403. The van der Waals surface area contributed by atoms with Crippen molar-refractivity contribution in [3.05, 3.63) is 34.3 Å². The molecule has 0 amide bonds. The van der Waals surface area contributed by atoms with Crippen molar-refractivity contribution in [2.75, 3.05) is 19.6 Å². The summed E-state index contributed by atoms with van der Waals surface area (Å²) in [6, 6.07) is 9.34. The summed E-state index contributed by atoms with van der Waals surface area (Å²) in [5, 5.41) is 3.83. The lowest BCUT2D eigenvalue weighted by molar-refractivity contribution is 0.0730. The minimum atomic E-state index is 0.403. The number of halogens is 1. The summed E-state index contributed by atoms with van der Waals surface area (Å²) in [5.74, 6) is 0. The van der Waals surface area contributed by atoms with Gasteiger partial charge < -0.3 is 5.32 Å². The third-order valence-corrected chi connectivity index (χ3v) is 5.64. The van der Waals surface area contributed by atoms with E-state index in [0.29, 0.717) is 11.6 Å². The van der Waals surface area contributed by atoms with Gasteiger partial charge >= 0.3 is 0 Å². The third kappa shape index (κ3) is 3.10. The Hall–Kier alpha value is -0.380. The van der Waals surface area contributed by atoms with E-state index in [-0.39, 0.29) is 0 Å². The maximum Gasteiger partial charge on any atom is 0.0321 e. The van der Waals surface area contributed by atoms with Crippen LogP contribution in [0.4, 0.5) is 0 Å². The first kappa shape index (κ1) is 14.6. The molecule has 1 saturated heterocycles. The zero-order valence-corrected chi connectivity index (χ0v) is 14.0. The van der Waals surface area contributed by atoms with Gasteiger partial charge in [0.05, 0.1) is 0 Å². The zero-order chi connectivity index (χ0) is 14.0. The van der Waals surface area contributed by atoms with E-state index in [1.807, 2.05) is 0 Å². The highest BCUT2D eigenvalue weighted by Crippen LogP contribution is 2.33. The number of benzene rings is 1. The number of nitrogens with zero attached hydrogens (tertiary/aromatic N) is 1. The summed E-state index contributed by atoms with van der Waals surface area (Å²) in [6.45, 7) is 5.87. The van der Waals surface area contributed by atoms with E-state index in [0.717, 1.165) is 11.0 Å². The van der Waals surface area contributed by atoms with Crippen molar-refractivity contribution >= 4 is 15.9 Å². The molecule has 110 valence electrons. The smallest absolute Gasteiger partial charge is 0.0321 e. The van der Waals surface area contributed by atoms with Gasteiger partial charge in [-0.15, -0.1) is 0 Å². The molecule has 1 atom stereocenters. The molecule has 1 spiro atoms. The Bertz CT molecular complexity index is 431. The molecule has 1 saturated carbocycles. The van der Waals surface area contributed by atoms with Gasteiger partial charge in [-0.25, -0.2) is 0 Å². The lowest BCUT2D eigenvalue weighted by Crippen LogP contribution is -2.61. The molecule has 1 heterocycles. The SMILES string of the molecule is CC(c1ccc(Br)cc1)N1CCNC2(CCCCC2)C1. The molecule has 0 bridgehead atoms. The van der Waals surface area contributed by atoms with Gasteiger partial charge in [-0.2, -0.15) is 0 Å². The molecule has 3 rings (SSSR count). The average Bonchev–Trinajstić information content (AvgIpc) is 2.48. The Balaban J connectivity index is 1.71. The molecule has 0 aromatic heterocycles. The summed E-state index contributed by atoms with van der Waals surface area (Å²) in [6.07, 6.45) is 6.93. The molecule has 1 aliphatic carbocycles. The lowest BCUT2D eigenvalue weighted by Gasteiger charge is -2.48. The monoisotopic (exact) mass is 336 g/mol. The van der Waals surface area contributed by atoms with Crippen LogP contribution in [0.5, 0.6) is 0 Å². The quantitative estimate of drug-likeness (QED) is 0.873. The van der Waals surface area contributed by atoms with Gasteiger partial charge in [0.25, 0.3) is 0 Å². The topological polar surface area (TPSA) is 15.3 Å². The second-order valence-corrected chi connectivity index (χ2v) is 7.38. The summed E-state index contributed by atoms with van der Waals surface area (Å²) in [7, 11) is 0. The number of rotatable bonds is 2. The average molecular weight is 337 g/mol. The molecule has 2 fully saturated rings. The zero-order valence-electron chi connectivity index (χ0n) is 12.4. The summed E-state index contributed by atoms with van der Waals surface area (Å²) in [4.78, 5) is 2.67. The molecule has 0 radical (unpaired) electrons. The number of piperazine rings is 1. The van der Waals surface area contributed by atoms with E-state index >= 15 is 0 Å². The minimum Gasteiger partial charge on any atom is -0.309 e. The normalized spacial score (nSPS) is 24.7. The van der Waals surface area contributed by atoms with Crippen LogP contribution in [0.1, 0.15) is 50.6 Å². The van der Waals surface area contributed by atoms with Gasteiger partial charge in [-0.05, 0) is 37.5 Å². The fourth-order valence-corrected chi connectivity index (χ4v) is 4.10. The van der Waals surface area contributed by atoms with Gasteiger partial charge in [0.2, 0.25) is 0 Å². The molecule has 1 unspecified atom stereocenters. The van der Waals surface area contributed by atoms with E-state index < -0.39 is 0 Å². The maximum absolute atomic E-state index is 3.83.